The van der Waals surface area contributed by atoms with Crippen molar-refractivity contribution < 1.29 is 43.0 Å². The van der Waals surface area contributed by atoms with E-state index in [1.54, 1.807) is 0 Å². The Morgan fingerprint density at radius 3 is 1.55 bits per heavy atom. The largest absolute Gasteiger partial charge is 0.472 e. The quantitative estimate of drug-likeness (QED) is 0.0377. The summed E-state index contributed by atoms with van der Waals surface area (Å²) in [5.41, 5.74) is 0. The third-order valence-electron chi connectivity index (χ3n) is 7.29. The number of rotatable bonds is 33. The van der Waals surface area contributed by atoms with Crippen molar-refractivity contribution >= 4 is 13.8 Å². The lowest BCUT2D eigenvalue weighted by Crippen LogP contribution is -2.29. The molecule has 3 unspecified atom stereocenters. The smallest absolute Gasteiger partial charge is 0.457 e. The molecule has 0 saturated carbocycles. The van der Waals surface area contributed by atoms with Gasteiger partial charge >= 0.3 is 13.8 Å². The molecule has 0 aliphatic carbocycles. The van der Waals surface area contributed by atoms with E-state index in [1.807, 2.05) is 0 Å². The predicted octanol–water partition coefficient (Wildman–Crippen LogP) is 8.02. The van der Waals surface area contributed by atoms with Crippen molar-refractivity contribution in [3.05, 3.63) is 0 Å². The highest BCUT2D eigenvalue weighted by molar-refractivity contribution is 7.47. The van der Waals surface area contributed by atoms with Crippen molar-refractivity contribution in [3.63, 3.8) is 0 Å². The molecule has 0 aromatic heterocycles. The number of carbonyl (C=O) groups is 1. The summed E-state index contributed by atoms with van der Waals surface area (Å²) in [6, 6.07) is 0. The lowest BCUT2D eigenvalue weighted by molar-refractivity contribution is -0.154. The van der Waals surface area contributed by atoms with Crippen LogP contribution >= 0.6 is 7.82 Å². The van der Waals surface area contributed by atoms with Gasteiger partial charge in [-0.15, -0.1) is 0 Å². The van der Waals surface area contributed by atoms with Gasteiger partial charge in [-0.3, -0.25) is 13.8 Å². The number of hydrogen-bond acceptors (Lipinski definition) is 8. The molecule has 3 N–H and O–H groups in total. The molecule has 42 heavy (non-hydrogen) atoms. The Kier molecular flexibility index (Phi) is 30.1. The maximum Gasteiger partial charge on any atom is 0.472 e. The van der Waals surface area contributed by atoms with Gasteiger partial charge < -0.3 is 24.6 Å². The van der Waals surface area contributed by atoms with E-state index in [0.717, 1.165) is 32.1 Å². The Labute approximate surface area is 257 Å². The van der Waals surface area contributed by atoms with Crippen LogP contribution in [0, 0.1) is 0 Å². The summed E-state index contributed by atoms with van der Waals surface area (Å²) >= 11 is 0. The summed E-state index contributed by atoms with van der Waals surface area (Å²) in [6.45, 7) is 3.49. The number of carbonyl (C=O) groups excluding carboxylic acids is 1. The highest BCUT2D eigenvalue weighted by Crippen LogP contribution is 2.43. The van der Waals surface area contributed by atoms with Gasteiger partial charge in [0.2, 0.25) is 0 Å². The van der Waals surface area contributed by atoms with E-state index < -0.39 is 33.2 Å². The van der Waals surface area contributed by atoms with Crippen molar-refractivity contribution in [1.29, 1.82) is 0 Å². The third-order valence-corrected chi connectivity index (χ3v) is 8.24. The number of aliphatic hydroxyl groups excluding tert-OH is 2. The molecule has 0 bridgehead atoms. The predicted molar refractivity (Wildman–Crippen MR) is 168 cm³/mol. The fraction of sp³-hybridized carbons (Fsp3) is 0.969. The molecule has 0 saturated heterocycles. The van der Waals surface area contributed by atoms with E-state index in [2.05, 4.69) is 13.8 Å². The number of hydrogen-bond donors (Lipinski definition) is 3. The second-order valence-electron chi connectivity index (χ2n) is 11.6. The Morgan fingerprint density at radius 2 is 1.07 bits per heavy atom. The molecular weight excluding hydrogens is 559 g/mol. The first-order valence-corrected chi connectivity index (χ1v) is 18.5. The van der Waals surface area contributed by atoms with E-state index in [0.29, 0.717) is 6.61 Å². The van der Waals surface area contributed by atoms with Crippen LogP contribution in [-0.4, -0.2) is 66.3 Å². The fourth-order valence-electron chi connectivity index (χ4n) is 4.65. The summed E-state index contributed by atoms with van der Waals surface area (Å²) in [7, 11) is -4.49. The lowest BCUT2D eigenvalue weighted by Gasteiger charge is -2.20. The standard InChI is InChI=1S/C32H65O9P/c1-3-5-7-9-11-13-14-15-16-17-19-21-23-25-38-28-31(29-40-42(36,37)39-27-30(34)26-33)41-32(35)24-22-20-18-12-10-8-6-4-2/h30-31,33-34H,3-29H2,1-2H3,(H,36,37). The molecule has 0 aromatic carbocycles. The first-order chi connectivity index (χ1) is 20.3. The molecule has 0 amide bonds. The van der Waals surface area contributed by atoms with Gasteiger partial charge in [-0.25, -0.2) is 4.57 Å². The van der Waals surface area contributed by atoms with Gasteiger partial charge in [0.25, 0.3) is 0 Å². The maximum absolute atomic E-state index is 12.4. The van der Waals surface area contributed by atoms with E-state index in [9.17, 15) is 19.4 Å². The summed E-state index contributed by atoms with van der Waals surface area (Å²) < 4.78 is 33.0. The average molecular weight is 625 g/mol. The van der Waals surface area contributed by atoms with Crippen LogP contribution in [0.15, 0.2) is 0 Å². The SMILES string of the molecule is CCCCCCCCCCCCCCCOCC(COP(=O)(O)OCC(O)CO)OC(=O)CCCCCCCCCC. The minimum absolute atomic E-state index is 0.0562. The van der Waals surface area contributed by atoms with Gasteiger partial charge in [-0.2, -0.15) is 0 Å². The van der Waals surface area contributed by atoms with Crippen molar-refractivity contribution in [1.82, 2.24) is 0 Å². The average Bonchev–Trinajstić information content (AvgIpc) is 2.97. The van der Waals surface area contributed by atoms with Crippen LogP contribution in [0.2, 0.25) is 0 Å². The molecule has 0 aliphatic heterocycles. The second-order valence-corrected chi connectivity index (χ2v) is 13.0. The van der Waals surface area contributed by atoms with Gasteiger partial charge in [0.1, 0.15) is 12.2 Å². The minimum atomic E-state index is -4.49. The Morgan fingerprint density at radius 1 is 0.643 bits per heavy atom. The summed E-state index contributed by atoms with van der Waals surface area (Å²) in [4.78, 5) is 22.3. The van der Waals surface area contributed by atoms with Crippen molar-refractivity contribution in [3.8, 4) is 0 Å². The monoisotopic (exact) mass is 624 g/mol. The topological polar surface area (TPSA) is 132 Å². The molecule has 0 radical (unpaired) electrons. The van der Waals surface area contributed by atoms with Crippen LogP contribution in [0.3, 0.4) is 0 Å². The van der Waals surface area contributed by atoms with Gasteiger partial charge in [-0.05, 0) is 12.8 Å². The molecule has 0 fully saturated rings. The van der Waals surface area contributed by atoms with Crippen molar-refractivity contribution in [2.45, 2.75) is 167 Å². The molecule has 3 atom stereocenters. The fourth-order valence-corrected chi connectivity index (χ4v) is 5.44. The zero-order valence-electron chi connectivity index (χ0n) is 27.0. The molecule has 10 heteroatoms. The number of phosphoric acid groups is 1. The minimum Gasteiger partial charge on any atom is -0.457 e. The number of esters is 1. The van der Waals surface area contributed by atoms with Gasteiger partial charge in [0.15, 0.2) is 0 Å². The van der Waals surface area contributed by atoms with Gasteiger partial charge in [-0.1, -0.05) is 136 Å². The summed E-state index contributed by atoms with van der Waals surface area (Å²) in [5.74, 6) is -0.386. The molecular formula is C32H65O9P. The highest BCUT2D eigenvalue weighted by Gasteiger charge is 2.26. The first kappa shape index (κ1) is 41.5. The van der Waals surface area contributed by atoms with Crippen LogP contribution in [-0.2, 0) is 27.9 Å². The van der Waals surface area contributed by atoms with Crippen LogP contribution in [0.1, 0.15) is 155 Å². The number of ether oxygens (including phenoxy) is 2. The van der Waals surface area contributed by atoms with Crippen LogP contribution in [0.4, 0.5) is 0 Å². The van der Waals surface area contributed by atoms with E-state index in [4.69, 9.17) is 23.6 Å². The van der Waals surface area contributed by atoms with Gasteiger partial charge in [0, 0.05) is 13.0 Å². The Bertz CT molecular complexity index is 635. The number of aliphatic hydroxyl groups is 2. The highest BCUT2D eigenvalue weighted by atomic mass is 31.2. The number of unbranched alkanes of at least 4 members (excludes halogenated alkanes) is 19. The Balaban J connectivity index is 4.22. The normalized spacial score (nSPS) is 14.5. The molecule has 0 aromatic rings. The van der Waals surface area contributed by atoms with Gasteiger partial charge in [0.05, 0.1) is 26.4 Å². The summed E-state index contributed by atoms with van der Waals surface area (Å²) in [6.07, 6.45) is 23.5. The molecule has 0 aliphatic rings. The lowest BCUT2D eigenvalue weighted by atomic mass is 10.0. The van der Waals surface area contributed by atoms with E-state index in [1.165, 1.54) is 103 Å². The van der Waals surface area contributed by atoms with E-state index >= 15 is 0 Å². The van der Waals surface area contributed by atoms with Crippen molar-refractivity contribution in [2.24, 2.45) is 0 Å². The zero-order valence-corrected chi connectivity index (χ0v) is 27.9. The number of phosphoric ester groups is 1. The summed E-state index contributed by atoms with van der Waals surface area (Å²) in [5, 5.41) is 18.2. The van der Waals surface area contributed by atoms with Crippen molar-refractivity contribution in [2.75, 3.05) is 33.0 Å². The zero-order chi connectivity index (χ0) is 31.2. The second kappa shape index (κ2) is 30.5. The molecule has 252 valence electrons. The third kappa shape index (κ3) is 29.5. The molecule has 9 nitrogen and oxygen atoms in total. The maximum atomic E-state index is 12.4. The first-order valence-electron chi connectivity index (χ1n) is 17.0. The van der Waals surface area contributed by atoms with Crippen LogP contribution < -0.4 is 0 Å². The van der Waals surface area contributed by atoms with Crippen LogP contribution in [0.25, 0.3) is 0 Å². The van der Waals surface area contributed by atoms with E-state index in [-0.39, 0.29) is 25.6 Å². The Hall–Kier alpha value is -0.540. The molecule has 0 spiro atoms. The van der Waals surface area contributed by atoms with Crippen LogP contribution in [0.5, 0.6) is 0 Å². The molecule has 0 heterocycles. The molecule has 0 rings (SSSR count).